The number of hydrogen-bond donors (Lipinski definition) is 1. The summed E-state index contributed by atoms with van der Waals surface area (Å²) in [6, 6.07) is 0. The second-order valence-corrected chi connectivity index (χ2v) is 3.05. The molecule has 0 fully saturated rings. The van der Waals surface area contributed by atoms with Gasteiger partial charge in [0.2, 0.25) is 0 Å². The summed E-state index contributed by atoms with van der Waals surface area (Å²) in [5, 5.41) is 12.7. The first-order valence-electron chi connectivity index (χ1n) is 4.66. The Labute approximate surface area is 95.9 Å². The predicted octanol–water partition coefficient (Wildman–Crippen LogP) is -0.664. The van der Waals surface area contributed by atoms with E-state index in [0.29, 0.717) is 5.56 Å². The van der Waals surface area contributed by atoms with Crippen LogP contribution in [0.15, 0.2) is 18.7 Å². The van der Waals surface area contributed by atoms with E-state index in [1.165, 1.54) is 30.5 Å². The highest BCUT2D eigenvalue weighted by molar-refractivity contribution is 5.84. The van der Waals surface area contributed by atoms with Crippen molar-refractivity contribution >= 4 is 5.97 Å². The van der Waals surface area contributed by atoms with Crippen LogP contribution < -0.4 is 0 Å². The molecular formula is C9H9N5O3. The first-order chi connectivity index (χ1) is 8.24. The normalized spacial score (nSPS) is 10.2. The number of rotatable bonds is 3. The molecule has 1 N–H and O–H groups in total. The number of aliphatic hydroxyl groups is 1. The van der Waals surface area contributed by atoms with Crippen LogP contribution in [0.2, 0.25) is 0 Å². The fourth-order valence-electron chi connectivity index (χ4n) is 1.09. The number of ether oxygens (including phenoxy) is 1. The minimum Gasteiger partial charge on any atom is -0.463 e. The van der Waals surface area contributed by atoms with E-state index in [1.807, 2.05) is 0 Å². The second kappa shape index (κ2) is 4.66. The van der Waals surface area contributed by atoms with Crippen LogP contribution >= 0.6 is 0 Å². The van der Waals surface area contributed by atoms with Gasteiger partial charge in [-0.05, 0) is 0 Å². The molecular weight excluding hydrogens is 226 g/mol. The molecule has 88 valence electrons. The fourth-order valence-corrected chi connectivity index (χ4v) is 1.09. The largest absolute Gasteiger partial charge is 0.463 e. The molecule has 0 spiro atoms. The molecule has 2 heterocycles. The van der Waals surface area contributed by atoms with Crippen molar-refractivity contribution in [3.05, 3.63) is 30.1 Å². The molecule has 0 atom stereocenters. The number of carbonyl (C=O) groups excluding carboxylic acids is 1. The van der Waals surface area contributed by atoms with E-state index in [2.05, 4.69) is 24.8 Å². The maximum absolute atomic E-state index is 11.1. The number of methoxy groups -OCH3 is 1. The van der Waals surface area contributed by atoms with Gasteiger partial charge >= 0.3 is 5.97 Å². The minimum absolute atomic E-state index is 0.0673. The molecule has 2 aromatic rings. The third-order valence-electron chi connectivity index (χ3n) is 1.94. The van der Waals surface area contributed by atoms with Crippen LogP contribution in [-0.4, -0.2) is 42.9 Å². The van der Waals surface area contributed by atoms with Crippen LogP contribution in [-0.2, 0) is 11.3 Å². The Morgan fingerprint density at radius 3 is 2.71 bits per heavy atom. The predicted molar refractivity (Wildman–Crippen MR) is 54.2 cm³/mol. The molecule has 8 heteroatoms. The number of nitrogens with zero attached hydrogens (tertiary/aromatic N) is 5. The first kappa shape index (κ1) is 11.1. The van der Waals surface area contributed by atoms with E-state index in [9.17, 15) is 4.79 Å². The van der Waals surface area contributed by atoms with Crippen molar-refractivity contribution in [3.63, 3.8) is 0 Å². The summed E-state index contributed by atoms with van der Waals surface area (Å²) in [6.07, 6.45) is 4.23. The highest BCUT2D eigenvalue weighted by Crippen LogP contribution is 2.01. The van der Waals surface area contributed by atoms with Crippen LogP contribution in [0.5, 0.6) is 0 Å². The van der Waals surface area contributed by atoms with Gasteiger partial charge in [-0.25, -0.2) is 19.7 Å². The number of aromatic nitrogens is 5. The van der Waals surface area contributed by atoms with Gasteiger partial charge in [-0.15, -0.1) is 5.10 Å². The SMILES string of the molecule is COC(=O)c1ncn(-c2ncc(CO)cn2)n1. The highest BCUT2D eigenvalue weighted by Gasteiger charge is 2.12. The summed E-state index contributed by atoms with van der Waals surface area (Å²) < 4.78 is 5.71. The van der Waals surface area contributed by atoms with Gasteiger partial charge in [0.15, 0.2) is 0 Å². The number of aliphatic hydroxyl groups excluding tert-OH is 1. The average molecular weight is 235 g/mol. The maximum atomic E-state index is 11.1. The van der Waals surface area contributed by atoms with Gasteiger partial charge in [0, 0.05) is 18.0 Å². The Bertz CT molecular complexity index is 522. The summed E-state index contributed by atoms with van der Waals surface area (Å²) in [5.41, 5.74) is 0.585. The molecule has 2 aromatic heterocycles. The Balaban J connectivity index is 2.27. The standard InChI is InChI=1S/C9H9N5O3/c1-17-8(16)7-12-5-14(13-7)9-10-2-6(4-15)3-11-9/h2-3,5,15H,4H2,1H3. The van der Waals surface area contributed by atoms with E-state index < -0.39 is 5.97 Å². The molecule has 0 saturated heterocycles. The molecule has 8 nitrogen and oxygen atoms in total. The van der Waals surface area contributed by atoms with Crippen molar-refractivity contribution in [2.45, 2.75) is 6.61 Å². The van der Waals surface area contributed by atoms with E-state index in [-0.39, 0.29) is 18.4 Å². The van der Waals surface area contributed by atoms with E-state index in [1.54, 1.807) is 0 Å². The van der Waals surface area contributed by atoms with E-state index in [4.69, 9.17) is 5.11 Å². The highest BCUT2D eigenvalue weighted by atomic mass is 16.5. The number of carbonyl (C=O) groups is 1. The van der Waals surface area contributed by atoms with Gasteiger partial charge in [0.25, 0.3) is 11.8 Å². The van der Waals surface area contributed by atoms with Gasteiger partial charge in [0.1, 0.15) is 6.33 Å². The van der Waals surface area contributed by atoms with Crippen molar-refractivity contribution in [3.8, 4) is 5.95 Å². The molecule has 0 unspecified atom stereocenters. The maximum Gasteiger partial charge on any atom is 0.377 e. The second-order valence-electron chi connectivity index (χ2n) is 3.05. The van der Waals surface area contributed by atoms with Crippen LogP contribution in [0, 0.1) is 0 Å². The Morgan fingerprint density at radius 2 is 2.12 bits per heavy atom. The number of hydrogen-bond acceptors (Lipinski definition) is 7. The van der Waals surface area contributed by atoms with Crippen molar-refractivity contribution in [1.29, 1.82) is 0 Å². The van der Waals surface area contributed by atoms with Crippen molar-refractivity contribution in [2.24, 2.45) is 0 Å². The Hall–Kier alpha value is -2.35. The molecule has 0 amide bonds. The summed E-state index contributed by atoms with van der Waals surface area (Å²) in [7, 11) is 1.25. The zero-order valence-electron chi connectivity index (χ0n) is 8.94. The summed E-state index contributed by atoms with van der Waals surface area (Å²) >= 11 is 0. The van der Waals surface area contributed by atoms with Gasteiger partial charge in [-0.1, -0.05) is 0 Å². The minimum atomic E-state index is -0.629. The molecule has 0 aromatic carbocycles. The molecule has 2 rings (SSSR count). The molecule has 0 radical (unpaired) electrons. The van der Waals surface area contributed by atoms with Crippen LogP contribution in [0.1, 0.15) is 16.2 Å². The van der Waals surface area contributed by atoms with Crippen LogP contribution in [0.4, 0.5) is 0 Å². The van der Waals surface area contributed by atoms with Crippen molar-refractivity contribution < 1.29 is 14.6 Å². The molecule has 0 aliphatic heterocycles. The smallest absolute Gasteiger partial charge is 0.377 e. The van der Waals surface area contributed by atoms with Crippen LogP contribution in [0.25, 0.3) is 5.95 Å². The molecule has 0 aliphatic rings. The summed E-state index contributed by atoms with van der Waals surface area (Å²) in [6.45, 7) is -0.134. The Kier molecular flexibility index (Phi) is 3.06. The summed E-state index contributed by atoms with van der Waals surface area (Å²) in [4.78, 5) is 22.8. The van der Waals surface area contributed by atoms with Gasteiger partial charge in [0.05, 0.1) is 13.7 Å². The third-order valence-corrected chi connectivity index (χ3v) is 1.94. The first-order valence-corrected chi connectivity index (χ1v) is 4.66. The lowest BCUT2D eigenvalue weighted by Crippen LogP contribution is -2.07. The fraction of sp³-hybridized carbons (Fsp3) is 0.222. The van der Waals surface area contributed by atoms with Gasteiger partial charge < -0.3 is 9.84 Å². The lowest BCUT2D eigenvalue weighted by atomic mass is 10.4. The van der Waals surface area contributed by atoms with Crippen LogP contribution in [0.3, 0.4) is 0 Å². The molecule has 0 saturated carbocycles. The average Bonchev–Trinajstić information content (AvgIpc) is 2.87. The molecule has 17 heavy (non-hydrogen) atoms. The lowest BCUT2D eigenvalue weighted by Gasteiger charge is -1.98. The number of esters is 1. The van der Waals surface area contributed by atoms with Gasteiger partial charge in [-0.3, -0.25) is 0 Å². The monoisotopic (exact) mass is 235 g/mol. The quantitative estimate of drug-likeness (QED) is 0.704. The van der Waals surface area contributed by atoms with Crippen molar-refractivity contribution in [2.75, 3.05) is 7.11 Å². The van der Waals surface area contributed by atoms with Gasteiger partial charge in [-0.2, -0.15) is 4.68 Å². The molecule has 0 bridgehead atoms. The Morgan fingerprint density at radius 1 is 1.41 bits per heavy atom. The topological polar surface area (TPSA) is 103 Å². The van der Waals surface area contributed by atoms with E-state index in [0.717, 1.165) is 0 Å². The summed E-state index contributed by atoms with van der Waals surface area (Å²) in [5.74, 6) is -0.442. The van der Waals surface area contributed by atoms with Crippen molar-refractivity contribution in [1.82, 2.24) is 24.7 Å². The third kappa shape index (κ3) is 2.26. The zero-order valence-corrected chi connectivity index (χ0v) is 8.94. The van der Waals surface area contributed by atoms with E-state index >= 15 is 0 Å². The molecule has 0 aliphatic carbocycles. The zero-order chi connectivity index (χ0) is 12.3. The lowest BCUT2D eigenvalue weighted by molar-refractivity contribution is 0.0587.